The predicted molar refractivity (Wildman–Crippen MR) is 125 cm³/mol. The van der Waals surface area contributed by atoms with Crippen LogP contribution in [0.1, 0.15) is 79.6 Å². The molecule has 6 rings (SSSR count). The summed E-state index contributed by atoms with van der Waals surface area (Å²) in [6.07, 6.45) is 7.83. The number of aliphatic hydroxyl groups is 1. The minimum absolute atomic E-state index is 0.0000213. The molecule has 11 atom stereocenters. The quantitative estimate of drug-likeness (QED) is 0.546. The summed E-state index contributed by atoms with van der Waals surface area (Å²) in [6.45, 7) is 16.4. The average molecular weight is 445 g/mol. The highest BCUT2D eigenvalue weighted by Gasteiger charge is 2.78. The minimum Gasteiger partial charge on any atom is -0.414 e. The molecule has 0 bridgehead atoms. The molecule has 0 spiro atoms. The third-order valence-corrected chi connectivity index (χ3v) is 16.9. The van der Waals surface area contributed by atoms with E-state index >= 15 is 0 Å². The number of rotatable bonds is 2. The Kier molecular flexibility index (Phi) is 4.06. The van der Waals surface area contributed by atoms with Crippen LogP contribution in [-0.2, 0) is 9.22 Å². The second-order valence-electron chi connectivity index (χ2n) is 14.6. The maximum absolute atomic E-state index is 13.1. The number of Topliss-reactive ketones (excluding diaryl/α,β-unsaturated/α-hetero) is 1. The van der Waals surface area contributed by atoms with E-state index in [1.165, 1.54) is 12.8 Å². The lowest BCUT2D eigenvalue weighted by Gasteiger charge is -2.64. The number of carbonyl (C=O) groups excluding carboxylic acids is 1. The molecular formula is C27H44O3Si. The summed E-state index contributed by atoms with van der Waals surface area (Å²) < 4.78 is 6.86. The fourth-order valence-corrected chi connectivity index (χ4v) is 10.9. The molecule has 31 heavy (non-hydrogen) atoms. The zero-order valence-corrected chi connectivity index (χ0v) is 21.8. The largest absolute Gasteiger partial charge is 0.414 e. The van der Waals surface area contributed by atoms with E-state index in [0.29, 0.717) is 47.2 Å². The predicted octanol–water partition coefficient (Wildman–Crippen LogP) is 5.82. The fourth-order valence-electron chi connectivity index (χ4n) is 9.50. The van der Waals surface area contributed by atoms with Crippen molar-refractivity contribution in [2.24, 2.45) is 52.3 Å². The molecule has 0 aromatic carbocycles. The molecule has 6 saturated carbocycles. The summed E-state index contributed by atoms with van der Waals surface area (Å²) >= 11 is 0. The lowest BCUT2D eigenvalue weighted by molar-refractivity contribution is -0.224. The molecule has 4 heteroatoms. The number of carbonyl (C=O) groups is 1. The van der Waals surface area contributed by atoms with Crippen LogP contribution in [0.2, 0.25) is 18.1 Å². The summed E-state index contributed by atoms with van der Waals surface area (Å²) in [5.74, 6) is 4.68. The van der Waals surface area contributed by atoms with Crippen LogP contribution in [0.5, 0.6) is 0 Å². The Morgan fingerprint density at radius 1 is 1.03 bits per heavy atom. The van der Waals surface area contributed by atoms with E-state index in [1.54, 1.807) is 0 Å². The van der Waals surface area contributed by atoms with E-state index in [1.807, 2.05) is 0 Å². The summed E-state index contributed by atoms with van der Waals surface area (Å²) in [4.78, 5) is 13.1. The van der Waals surface area contributed by atoms with E-state index in [0.717, 1.165) is 32.1 Å². The van der Waals surface area contributed by atoms with Gasteiger partial charge in [-0.1, -0.05) is 34.6 Å². The molecule has 3 unspecified atom stereocenters. The first-order valence-corrected chi connectivity index (χ1v) is 16.1. The second-order valence-corrected chi connectivity index (χ2v) is 19.4. The normalized spacial score (nSPS) is 57.4. The monoisotopic (exact) mass is 444 g/mol. The van der Waals surface area contributed by atoms with Gasteiger partial charge in [0.05, 0.1) is 5.60 Å². The number of hydrogen-bond acceptors (Lipinski definition) is 3. The van der Waals surface area contributed by atoms with Gasteiger partial charge in [0.15, 0.2) is 8.32 Å². The van der Waals surface area contributed by atoms with Crippen molar-refractivity contribution >= 4 is 14.1 Å². The van der Waals surface area contributed by atoms with Crippen molar-refractivity contribution in [3.63, 3.8) is 0 Å². The fraction of sp³-hybridized carbons (Fsp3) is 0.963. The van der Waals surface area contributed by atoms with Gasteiger partial charge >= 0.3 is 0 Å². The lowest BCUT2D eigenvalue weighted by atomic mass is 9.43. The third kappa shape index (κ3) is 2.51. The molecule has 6 fully saturated rings. The molecule has 0 saturated heterocycles. The van der Waals surface area contributed by atoms with Crippen LogP contribution in [-0.4, -0.2) is 30.9 Å². The highest BCUT2D eigenvalue weighted by Crippen LogP contribution is 2.79. The van der Waals surface area contributed by atoms with Crippen molar-refractivity contribution in [2.75, 3.05) is 0 Å². The summed E-state index contributed by atoms with van der Waals surface area (Å²) in [7, 11) is -1.84. The number of hydrogen-bond donors (Lipinski definition) is 1. The van der Waals surface area contributed by atoms with Crippen molar-refractivity contribution in [2.45, 2.75) is 109 Å². The van der Waals surface area contributed by atoms with Crippen LogP contribution < -0.4 is 0 Å². The Morgan fingerprint density at radius 2 is 1.74 bits per heavy atom. The second kappa shape index (κ2) is 5.89. The van der Waals surface area contributed by atoms with E-state index in [-0.39, 0.29) is 22.0 Å². The smallest absolute Gasteiger partial charge is 0.192 e. The molecule has 3 nitrogen and oxygen atoms in total. The van der Waals surface area contributed by atoms with Gasteiger partial charge in [-0.25, -0.2) is 0 Å². The van der Waals surface area contributed by atoms with Crippen molar-refractivity contribution in [3.8, 4) is 0 Å². The Labute approximate surface area is 190 Å². The Hall–Kier alpha value is -0.193. The minimum atomic E-state index is -1.84. The van der Waals surface area contributed by atoms with Gasteiger partial charge in [-0.3, -0.25) is 4.79 Å². The lowest BCUT2D eigenvalue weighted by Crippen LogP contribution is -2.65. The molecule has 1 N–H and O–H groups in total. The highest BCUT2D eigenvalue weighted by molar-refractivity contribution is 6.74. The maximum Gasteiger partial charge on any atom is 0.192 e. The van der Waals surface area contributed by atoms with E-state index in [4.69, 9.17) is 4.43 Å². The Bertz CT molecular complexity index is 831. The molecular weight excluding hydrogens is 400 g/mol. The van der Waals surface area contributed by atoms with Gasteiger partial charge in [-0.15, -0.1) is 0 Å². The zero-order chi connectivity index (χ0) is 22.4. The van der Waals surface area contributed by atoms with Crippen LogP contribution in [0.15, 0.2) is 0 Å². The maximum atomic E-state index is 13.1. The first-order valence-electron chi connectivity index (χ1n) is 13.2. The van der Waals surface area contributed by atoms with Gasteiger partial charge in [0.1, 0.15) is 5.78 Å². The summed E-state index contributed by atoms with van der Waals surface area (Å²) in [5, 5.41) is 12.6. The van der Waals surface area contributed by atoms with Crippen molar-refractivity contribution < 1.29 is 14.3 Å². The molecule has 174 valence electrons. The van der Waals surface area contributed by atoms with Crippen molar-refractivity contribution in [1.82, 2.24) is 0 Å². The molecule has 0 radical (unpaired) electrons. The van der Waals surface area contributed by atoms with E-state index in [9.17, 15) is 9.90 Å². The van der Waals surface area contributed by atoms with Crippen LogP contribution >= 0.6 is 0 Å². The van der Waals surface area contributed by atoms with Crippen LogP contribution in [0, 0.1) is 52.3 Å². The van der Waals surface area contributed by atoms with Gasteiger partial charge in [-0.2, -0.15) is 0 Å². The van der Waals surface area contributed by atoms with Gasteiger partial charge in [-0.05, 0) is 97.6 Å². The Balaban J connectivity index is 1.29. The topological polar surface area (TPSA) is 46.5 Å². The number of ketones is 1. The first-order chi connectivity index (χ1) is 14.2. The third-order valence-electron chi connectivity index (χ3n) is 12.3. The average Bonchev–Trinajstić information content (AvgIpc) is 3.55. The van der Waals surface area contributed by atoms with Gasteiger partial charge in [0, 0.05) is 23.9 Å². The Morgan fingerprint density at radius 3 is 2.42 bits per heavy atom. The highest BCUT2D eigenvalue weighted by atomic mass is 28.4. The number of fused-ring (bicyclic) bond motifs is 10. The van der Waals surface area contributed by atoms with E-state index < -0.39 is 13.9 Å². The summed E-state index contributed by atoms with van der Waals surface area (Å²) in [5.41, 5.74) is -0.611. The summed E-state index contributed by atoms with van der Waals surface area (Å²) in [6, 6.07) is 0. The zero-order valence-electron chi connectivity index (χ0n) is 20.8. The molecule has 0 aromatic rings. The first kappa shape index (κ1) is 21.3. The van der Waals surface area contributed by atoms with Crippen LogP contribution in [0.25, 0.3) is 0 Å². The molecule has 0 amide bonds. The van der Waals surface area contributed by atoms with Crippen molar-refractivity contribution in [3.05, 3.63) is 0 Å². The molecule has 6 aliphatic rings. The molecule has 0 aromatic heterocycles. The van der Waals surface area contributed by atoms with Crippen LogP contribution in [0.4, 0.5) is 0 Å². The standard InChI is InChI=1S/C27H44O3Si/c1-24(2,3)31(6,7)30-15-8-11-26(5)19-9-10-25(4)22(16-12-17(16)23(25)28)21(19)18-13-20(18)27(26,29)14-15/h15-22,29H,8-14H2,1-7H3/t15-,16+,17-,18-,19?,20+,21?,22?,25-,26+,27+/m0/s1. The van der Waals surface area contributed by atoms with Crippen molar-refractivity contribution in [1.29, 1.82) is 0 Å². The van der Waals surface area contributed by atoms with Crippen LogP contribution in [0.3, 0.4) is 0 Å². The van der Waals surface area contributed by atoms with Gasteiger partial charge in [0.25, 0.3) is 0 Å². The van der Waals surface area contributed by atoms with Gasteiger partial charge in [0.2, 0.25) is 0 Å². The molecule has 6 aliphatic carbocycles. The van der Waals surface area contributed by atoms with E-state index in [2.05, 4.69) is 47.7 Å². The molecule has 0 heterocycles. The SMILES string of the molecule is CC(C)(C)[Si](C)(C)O[C@H]1CC[C@]2(C)C3CC[C@]4(C)C(=O)[C@H]5C[C@H]5C4C3[C@H]3C[C@H]3[C@]2(O)C1. The van der Waals surface area contributed by atoms with Gasteiger partial charge < -0.3 is 9.53 Å². The molecule has 0 aliphatic heterocycles.